The molecular formula is C14H36N2O2Y2-2. The van der Waals surface area contributed by atoms with Gasteiger partial charge in [-0.2, -0.15) is 14.1 Å². The zero-order chi connectivity index (χ0) is 13.2. The molecular weight excluding hydrogens is 406 g/mol. The van der Waals surface area contributed by atoms with Crippen molar-refractivity contribution in [3.63, 3.8) is 0 Å². The van der Waals surface area contributed by atoms with Crippen LogP contribution in [0.15, 0.2) is 0 Å². The maximum absolute atomic E-state index is 5.11. The van der Waals surface area contributed by atoms with Crippen LogP contribution >= 0.6 is 0 Å². The normalized spacial score (nSPS) is 12.0. The zero-order valence-electron chi connectivity index (χ0n) is 13.2. The van der Waals surface area contributed by atoms with Crippen molar-refractivity contribution in [3.05, 3.63) is 10.6 Å². The van der Waals surface area contributed by atoms with E-state index in [9.17, 15) is 0 Å². The van der Waals surface area contributed by atoms with E-state index in [1.807, 2.05) is 20.9 Å². The van der Waals surface area contributed by atoms with E-state index in [2.05, 4.69) is 24.5 Å². The van der Waals surface area contributed by atoms with Crippen LogP contribution in [0.25, 0.3) is 10.6 Å². The first-order chi connectivity index (χ1) is 7.35. The molecule has 20 heavy (non-hydrogen) atoms. The number of methoxy groups -OCH3 is 2. The van der Waals surface area contributed by atoms with Gasteiger partial charge in [-0.1, -0.05) is 28.7 Å². The molecule has 0 heterocycles. The van der Waals surface area contributed by atoms with E-state index in [1.165, 1.54) is 0 Å². The van der Waals surface area contributed by atoms with Crippen molar-refractivity contribution >= 4 is 0 Å². The predicted octanol–water partition coefficient (Wildman–Crippen LogP) is 4.10. The van der Waals surface area contributed by atoms with Crippen LogP contribution in [0.1, 0.15) is 42.5 Å². The molecule has 2 unspecified atom stereocenters. The van der Waals surface area contributed by atoms with Crippen LogP contribution < -0.4 is 0 Å². The molecule has 0 N–H and O–H groups in total. The van der Waals surface area contributed by atoms with Crippen molar-refractivity contribution in [2.45, 2.75) is 60.3 Å². The van der Waals surface area contributed by atoms with Crippen molar-refractivity contribution in [2.75, 3.05) is 34.9 Å². The average Bonchev–Trinajstić information content (AvgIpc) is 2.28. The molecule has 122 valence electrons. The molecule has 0 saturated carbocycles. The number of hydrogen-bond donors (Lipinski definition) is 0. The van der Waals surface area contributed by atoms with Crippen LogP contribution in [0.5, 0.6) is 0 Å². The molecule has 0 rings (SSSR count). The van der Waals surface area contributed by atoms with Gasteiger partial charge in [0.15, 0.2) is 0 Å². The summed E-state index contributed by atoms with van der Waals surface area (Å²) < 4.78 is 10.0. The summed E-state index contributed by atoms with van der Waals surface area (Å²) in [6.45, 7) is 8.93. The van der Waals surface area contributed by atoms with E-state index in [-0.39, 0.29) is 98.0 Å². The third kappa shape index (κ3) is 22.3. The molecule has 0 saturated heterocycles. The van der Waals surface area contributed by atoms with Crippen molar-refractivity contribution in [3.8, 4) is 0 Å². The second kappa shape index (κ2) is 23.3. The van der Waals surface area contributed by atoms with Gasteiger partial charge in [0.05, 0.1) is 0 Å². The fourth-order valence-electron chi connectivity index (χ4n) is 0.802. The predicted molar refractivity (Wildman–Crippen MR) is 83.9 cm³/mol. The van der Waals surface area contributed by atoms with Crippen LogP contribution in [0.2, 0.25) is 0 Å². The Hall–Kier alpha value is 2.05. The first kappa shape index (κ1) is 37.9. The number of rotatable bonds is 6. The smallest absolute Gasteiger partial charge is 0.0406 e. The number of ether oxygens (including phenoxy) is 2. The van der Waals surface area contributed by atoms with Gasteiger partial charge in [0.2, 0.25) is 0 Å². The number of likely N-dealkylation sites (N-methyl/N-ethyl adjacent to an activating group) is 2. The number of nitrogens with zero attached hydrogens (tertiary/aromatic N) is 2. The van der Waals surface area contributed by atoms with Crippen molar-refractivity contribution in [1.29, 1.82) is 0 Å². The summed E-state index contributed by atoms with van der Waals surface area (Å²) in [6.07, 6.45) is 0.479. The van der Waals surface area contributed by atoms with Gasteiger partial charge in [-0.15, -0.1) is 12.1 Å². The van der Waals surface area contributed by atoms with Gasteiger partial charge in [-0.3, -0.25) is 0 Å². The molecule has 0 aromatic rings. The third-order valence-corrected chi connectivity index (χ3v) is 2.77. The molecule has 2 atom stereocenters. The SMILES string of the molecule is C.C.C[N-]C(C)(C)C(C)OC.C[N-]CC(C)OC.[Y].[Y]. The Labute approximate surface area is 179 Å². The second-order valence-corrected chi connectivity index (χ2v) is 4.30. The molecule has 0 amide bonds. The van der Waals surface area contributed by atoms with E-state index < -0.39 is 0 Å². The minimum atomic E-state index is -0.0469. The second-order valence-electron chi connectivity index (χ2n) is 4.30. The van der Waals surface area contributed by atoms with E-state index >= 15 is 0 Å². The Morgan fingerprint density at radius 2 is 1.35 bits per heavy atom. The quantitative estimate of drug-likeness (QED) is 0.622. The maximum atomic E-state index is 5.11. The van der Waals surface area contributed by atoms with Crippen LogP contribution in [-0.4, -0.2) is 52.6 Å². The summed E-state index contributed by atoms with van der Waals surface area (Å²) in [7, 11) is 7.00. The van der Waals surface area contributed by atoms with E-state index in [0.717, 1.165) is 6.54 Å². The molecule has 0 aliphatic carbocycles. The molecule has 6 heteroatoms. The molecule has 0 spiro atoms. The van der Waals surface area contributed by atoms with Gasteiger partial charge in [0.1, 0.15) is 0 Å². The third-order valence-electron chi connectivity index (χ3n) is 2.77. The standard InChI is InChI=1S/C7H16NO.C5H12NO.2CH4.2Y/c1-6(9-5)7(2,3)8-4;1-5(7-3)4-6-2;;;;/h6H,1-5H3;5H,4H2,1-3H3;2*1H4;;/q2*-1;;;;. The first-order valence-corrected chi connectivity index (χ1v) is 5.57. The molecule has 4 nitrogen and oxygen atoms in total. The summed E-state index contributed by atoms with van der Waals surface area (Å²) in [5.74, 6) is 0. The topological polar surface area (TPSA) is 46.7 Å². The molecule has 0 aromatic carbocycles. The van der Waals surface area contributed by atoms with Crippen LogP contribution in [-0.2, 0) is 74.9 Å². The molecule has 0 bridgehead atoms. The maximum Gasteiger partial charge on any atom is 0.0406 e. The molecule has 0 fully saturated rings. The molecule has 2 radical (unpaired) electrons. The van der Waals surface area contributed by atoms with Gasteiger partial charge < -0.3 is 20.1 Å². The minimum Gasteiger partial charge on any atom is -0.663 e. The monoisotopic (exact) mass is 442 g/mol. The summed E-state index contributed by atoms with van der Waals surface area (Å²) in [5, 5.41) is 8.05. The summed E-state index contributed by atoms with van der Waals surface area (Å²) in [5.41, 5.74) is -0.0469. The van der Waals surface area contributed by atoms with Gasteiger partial charge in [-0.25, -0.2) is 0 Å². The number of hydrogen-bond acceptors (Lipinski definition) is 2. The van der Waals surface area contributed by atoms with Crippen LogP contribution in [0.3, 0.4) is 0 Å². The Bertz CT molecular complexity index is 162. The Balaban J connectivity index is -0.0000000416. The first-order valence-electron chi connectivity index (χ1n) is 5.57. The fourth-order valence-corrected chi connectivity index (χ4v) is 0.802. The van der Waals surface area contributed by atoms with Crippen molar-refractivity contribution < 1.29 is 74.9 Å². The van der Waals surface area contributed by atoms with Crippen LogP contribution in [0, 0.1) is 0 Å². The Kier molecular flexibility index (Phi) is 44.2. The molecule has 0 aliphatic rings. The van der Waals surface area contributed by atoms with E-state index in [0.29, 0.717) is 0 Å². The summed E-state index contributed by atoms with van der Waals surface area (Å²) in [4.78, 5) is 0. The van der Waals surface area contributed by atoms with E-state index in [1.54, 1.807) is 21.3 Å². The zero-order valence-corrected chi connectivity index (χ0v) is 18.9. The largest absolute Gasteiger partial charge is 0.663 e. The fraction of sp³-hybridized carbons (Fsp3) is 1.00. The van der Waals surface area contributed by atoms with Gasteiger partial charge in [-0.05, 0) is 13.8 Å². The van der Waals surface area contributed by atoms with Crippen molar-refractivity contribution in [2.24, 2.45) is 0 Å². The van der Waals surface area contributed by atoms with Crippen LogP contribution in [0.4, 0.5) is 0 Å². The summed E-state index contributed by atoms with van der Waals surface area (Å²) in [6, 6.07) is 0. The Morgan fingerprint density at radius 3 is 1.45 bits per heavy atom. The van der Waals surface area contributed by atoms with Crippen molar-refractivity contribution in [1.82, 2.24) is 0 Å². The summed E-state index contributed by atoms with van der Waals surface area (Å²) >= 11 is 0. The molecule has 0 aromatic heterocycles. The molecule has 0 aliphatic heterocycles. The Morgan fingerprint density at radius 1 is 0.950 bits per heavy atom. The van der Waals surface area contributed by atoms with Gasteiger partial charge >= 0.3 is 0 Å². The van der Waals surface area contributed by atoms with Gasteiger partial charge in [0.25, 0.3) is 0 Å². The van der Waals surface area contributed by atoms with Gasteiger partial charge in [0, 0.05) is 91.8 Å². The van der Waals surface area contributed by atoms with E-state index in [4.69, 9.17) is 9.47 Å². The average molecular weight is 442 g/mol. The minimum absolute atomic E-state index is 0.